The van der Waals surface area contributed by atoms with Crippen LogP contribution in [0.1, 0.15) is 11.3 Å². The average Bonchev–Trinajstić information content (AvgIpc) is 2.43. The summed E-state index contributed by atoms with van der Waals surface area (Å²) in [5, 5.41) is 10.1. The molecule has 3 nitrogen and oxygen atoms in total. The largest absolute Gasteiger partial charge is 0.506 e. The summed E-state index contributed by atoms with van der Waals surface area (Å²) >= 11 is 5.90. The zero-order valence-electron chi connectivity index (χ0n) is 11.6. The molecule has 0 aliphatic rings. The van der Waals surface area contributed by atoms with Crippen LogP contribution in [0, 0.1) is 13.8 Å². The van der Waals surface area contributed by atoms with E-state index in [1.807, 2.05) is 31.2 Å². The van der Waals surface area contributed by atoms with Crippen LogP contribution < -0.4 is 5.43 Å². The van der Waals surface area contributed by atoms with Gasteiger partial charge in [-0.1, -0.05) is 35.9 Å². The Bertz CT molecular complexity index is 910. The first-order valence-corrected chi connectivity index (χ1v) is 6.88. The van der Waals surface area contributed by atoms with Crippen molar-refractivity contribution in [2.75, 3.05) is 0 Å². The van der Waals surface area contributed by atoms with Gasteiger partial charge in [-0.2, -0.15) is 0 Å². The van der Waals surface area contributed by atoms with E-state index in [0.29, 0.717) is 22.3 Å². The summed E-state index contributed by atoms with van der Waals surface area (Å²) < 4.78 is 5.70. The molecule has 3 rings (SSSR count). The Morgan fingerprint density at radius 2 is 1.86 bits per heavy atom. The Kier molecular flexibility index (Phi) is 3.22. The van der Waals surface area contributed by atoms with Crippen LogP contribution in [0.25, 0.3) is 22.1 Å². The predicted molar refractivity (Wildman–Crippen MR) is 84.1 cm³/mol. The minimum Gasteiger partial charge on any atom is -0.506 e. The van der Waals surface area contributed by atoms with Crippen molar-refractivity contribution in [2.24, 2.45) is 0 Å². The molecule has 0 saturated heterocycles. The number of hydrogen-bond acceptors (Lipinski definition) is 3. The van der Waals surface area contributed by atoms with Crippen LogP contribution in [0.15, 0.2) is 45.6 Å². The van der Waals surface area contributed by atoms with Crippen molar-refractivity contribution in [1.82, 2.24) is 0 Å². The highest BCUT2D eigenvalue weighted by Crippen LogP contribution is 2.31. The number of hydrogen-bond donors (Lipinski definition) is 1. The molecule has 0 amide bonds. The van der Waals surface area contributed by atoms with Crippen molar-refractivity contribution in [3.8, 4) is 16.9 Å². The van der Waals surface area contributed by atoms with Gasteiger partial charge in [-0.25, -0.2) is 0 Å². The van der Waals surface area contributed by atoms with Crippen molar-refractivity contribution in [2.45, 2.75) is 13.8 Å². The minimum atomic E-state index is -0.148. The molecule has 0 bridgehead atoms. The second-order valence-electron chi connectivity index (χ2n) is 4.98. The SMILES string of the molecule is Cc1ccccc1-c1c(C)oc2cc(O)c(Cl)cc2c1=O. The maximum Gasteiger partial charge on any atom is 0.200 e. The highest BCUT2D eigenvalue weighted by atomic mass is 35.5. The Labute approximate surface area is 126 Å². The van der Waals surface area contributed by atoms with Gasteiger partial charge in [-0.05, 0) is 31.0 Å². The number of benzene rings is 2. The first-order valence-electron chi connectivity index (χ1n) is 6.51. The number of rotatable bonds is 1. The van der Waals surface area contributed by atoms with E-state index in [0.717, 1.165) is 11.1 Å². The zero-order valence-corrected chi connectivity index (χ0v) is 12.4. The van der Waals surface area contributed by atoms with Crippen LogP contribution in [0.4, 0.5) is 0 Å². The lowest BCUT2D eigenvalue weighted by Crippen LogP contribution is -2.08. The van der Waals surface area contributed by atoms with Gasteiger partial charge in [0.1, 0.15) is 17.1 Å². The quantitative estimate of drug-likeness (QED) is 0.723. The molecule has 0 atom stereocenters. The van der Waals surface area contributed by atoms with Crippen molar-refractivity contribution in [1.29, 1.82) is 0 Å². The Hall–Kier alpha value is -2.26. The van der Waals surface area contributed by atoms with Crippen LogP contribution in [0.5, 0.6) is 5.75 Å². The Morgan fingerprint density at radius 1 is 1.14 bits per heavy atom. The van der Waals surface area contributed by atoms with Gasteiger partial charge in [0.05, 0.1) is 16.0 Å². The number of phenolic OH excluding ortho intramolecular Hbond substituents is 1. The van der Waals surface area contributed by atoms with E-state index in [4.69, 9.17) is 16.0 Å². The molecule has 1 N–H and O–H groups in total. The summed E-state index contributed by atoms with van der Waals surface area (Å²) in [7, 11) is 0. The molecule has 106 valence electrons. The lowest BCUT2D eigenvalue weighted by atomic mass is 9.98. The third kappa shape index (κ3) is 2.20. The van der Waals surface area contributed by atoms with Gasteiger partial charge in [-0.15, -0.1) is 0 Å². The molecule has 3 aromatic rings. The van der Waals surface area contributed by atoms with Gasteiger partial charge < -0.3 is 9.52 Å². The van der Waals surface area contributed by atoms with Crippen LogP contribution in [-0.2, 0) is 0 Å². The maximum atomic E-state index is 12.8. The fourth-order valence-electron chi connectivity index (χ4n) is 2.48. The summed E-state index contributed by atoms with van der Waals surface area (Å²) in [5.41, 5.74) is 2.55. The number of aromatic hydroxyl groups is 1. The summed E-state index contributed by atoms with van der Waals surface area (Å²) in [4.78, 5) is 12.8. The van der Waals surface area contributed by atoms with E-state index >= 15 is 0 Å². The van der Waals surface area contributed by atoms with Gasteiger partial charge in [0.2, 0.25) is 5.43 Å². The number of phenols is 1. The van der Waals surface area contributed by atoms with Gasteiger partial charge in [0.25, 0.3) is 0 Å². The average molecular weight is 301 g/mol. The van der Waals surface area contributed by atoms with Crippen molar-refractivity contribution in [3.05, 3.63) is 63.0 Å². The van der Waals surface area contributed by atoms with E-state index in [2.05, 4.69) is 0 Å². The molecular formula is C17H13ClO3. The second-order valence-corrected chi connectivity index (χ2v) is 5.38. The van der Waals surface area contributed by atoms with Gasteiger partial charge in [0, 0.05) is 6.07 Å². The maximum absolute atomic E-state index is 12.8. The molecule has 4 heteroatoms. The summed E-state index contributed by atoms with van der Waals surface area (Å²) in [5.74, 6) is 0.416. The predicted octanol–water partition coefficient (Wildman–Crippen LogP) is 4.44. The minimum absolute atomic E-state index is 0.102. The fourth-order valence-corrected chi connectivity index (χ4v) is 2.64. The molecule has 0 aliphatic carbocycles. The van der Waals surface area contributed by atoms with E-state index in [1.54, 1.807) is 6.92 Å². The molecule has 0 spiro atoms. The summed E-state index contributed by atoms with van der Waals surface area (Å²) in [6.07, 6.45) is 0. The smallest absolute Gasteiger partial charge is 0.200 e. The van der Waals surface area contributed by atoms with E-state index in [9.17, 15) is 9.90 Å². The Balaban J connectivity index is 2.43. The molecule has 1 aromatic heterocycles. The van der Waals surface area contributed by atoms with Gasteiger partial charge >= 0.3 is 0 Å². The number of fused-ring (bicyclic) bond motifs is 1. The van der Waals surface area contributed by atoms with Crippen LogP contribution in [0.2, 0.25) is 5.02 Å². The molecule has 0 aliphatic heterocycles. The number of aryl methyl sites for hydroxylation is 2. The van der Waals surface area contributed by atoms with Crippen molar-refractivity contribution < 1.29 is 9.52 Å². The van der Waals surface area contributed by atoms with E-state index < -0.39 is 0 Å². The number of halogens is 1. The van der Waals surface area contributed by atoms with Crippen molar-refractivity contribution in [3.63, 3.8) is 0 Å². The topological polar surface area (TPSA) is 50.4 Å². The summed E-state index contributed by atoms with van der Waals surface area (Å²) in [6, 6.07) is 10.5. The normalized spacial score (nSPS) is 11.0. The first kappa shape index (κ1) is 13.7. The Morgan fingerprint density at radius 3 is 2.57 bits per heavy atom. The standard InChI is InChI=1S/C17H13ClO3/c1-9-5-3-4-6-11(9)16-10(2)21-15-8-14(19)13(18)7-12(15)17(16)20/h3-8,19H,1-2H3. The van der Waals surface area contributed by atoms with E-state index in [-0.39, 0.29) is 16.2 Å². The molecule has 0 unspecified atom stereocenters. The van der Waals surface area contributed by atoms with Crippen molar-refractivity contribution >= 4 is 22.6 Å². The molecular weight excluding hydrogens is 288 g/mol. The third-order valence-electron chi connectivity index (χ3n) is 3.55. The lowest BCUT2D eigenvalue weighted by Gasteiger charge is -2.10. The van der Waals surface area contributed by atoms with Crippen LogP contribution in [0.3, 0.4) is 0 Å². The third-order valence-corrected chi connectivity index (χ3v) is 3.85. The summed E-state index contributed by atoms with van der Waals surface area (Å²) in [6.45, 7) is 3.69. The van der Waals surface area contributed by atoms with Crippen LogP contribution >= 0.6 is 11.6 Å². The molecule has 21 heavy (non-hydrogen) atoms. The van der Waals surface area contributed by atoms with Crippen LogP contribution in [-0.4, -0.2) is 5.11 Å². The zero-order chi connectivity index (χ0) is 15.1. The fraction of sp³-hybridized carbons (Fsp3) is 0.118. The first-order chi connectivity index (χ1) is 9.99. The lowest BCUT2D eigenvalue weighted by molar-refractivity contribution is 0.473. The monoisotopic (exact) mass is 300 g/mol. The molecule has 1 heterocycles. The second kappa shape index (κ2) is 4.93. The van der Waals surface area contributed by atoms with Gasteiger partial charge in [0.15, 0.2) is 0 Å². The highest BCUT2D eigenvalue weighted by Gasteiger charge is 2.16. The van der Waals surface area contributed by atoms with Gasteiger partial charge in [-0.3, -0.25) is 4.79 Å². The molecule has 0 saturated carbocycles. The molecule has 2 aromatic carbocycles. The van der Waals surface area contributed by atoms with E-state index in [1.165, 1.54) is 12.1 Å². The molecule has 0 radical (unpaired) electrons. The highest BCUT2D eigenvalue weighted by molar-refractivity contribution is 6.32. The molecule has 0 fully saturated rings.